The molecule has 1 aliphatic heterocycles. The van der Waals surface area contributed by atoms with E-state index in [1.54, 1.807) is 0 Å². The van der Waals surface area contributed by atoms with E-state index in [4.69, 9.17) is 10.00 Å². The van der Waals surface area contributed by atoms with Gasteiger partial charge in [0, 0.05) is 18.3 Å². The van der Waals surface area contributed by atoms with Crippen molar-refractivity contribution in [2.24, 2.45) is 0 Å². The van der Waals surface area contributed by atoms with Crippen LogP contribution in [0.25, 0.3) is 0 Å². The Kier molecular flexibility index (Phi) is 5.65. The van der Waals surface area contributed by atoms with Crippen molar-refractivity contribution < 1.29 is 22.7 Å². The van der Waals surface area contributed by atoms with Gasteiger partial charge in [0.1, 0.15) is 5.75 Å². The highest BCUT2D eigenvalue weighted by atomic mass is 19.4. The second-order valence-electron chi connectivity index (χ2n) is 8.16. The zero-order chi connectivity index (χ0) is 22.2. The van der Waals surface area contributed by atoms with Gasteiger partial charge in [0.25, 0.3) is 5.91 Å². The van der Waals surface area contributed by atoms with E-state index >= 15 is 0 Å². The molecule has 1 aliphatic carbocycles. The highest BCUT2D eigenvalue weighted by Crippen LogP contribution is 2.33. The molecule has 1 aromatic heterocycles. The lowest BCUT2D eigenvalue weighted by molar-refractivity contribution is -0.189. The van der Waals surface area contributed by atoms with Gasteiger partial charge in [0.05, 0.1) is 35.5 Å². The van der Waals surface area contributed by atoms with Crippen molar-refractivity contribution in [3.8, 4) is 11.8 Å². The number of carbonyl (C=O) groups is 1. The molecular weight excluding hydrogens is 409 g/mol. The van der Waals surface area contributed by atoms with Crippen LogP contribution >= 0.6 is 0 Å². The Hall–Kier alpha value is -3.02. The third-order valence-electron chi connectivity index (χ3n) is 5.94. The maximum Gasteiger partial charge on any atom is 0.425 e. The SMILES string of the molecule is CC(Oc1ccc(C#N)cc1C(=O)N1Cc2cn(C3CCCCC3)nc2C1)C(F)(F)F. The number of hydrogen-bond acceptors (Lipinski definition) is 4. The van der Waals surface area contributed by atoms with Gasteiger partial charge < -0.3 is 9.64 Å². The molecule has 0 radical (unpaired) electrons. The lowest BCUT2D eigenvalue weighted by atomic mass is 9.96. The van der Waals surface area contributed by atoms with Crippen LogP contribution in [0.5, 0.6) is 5.75 Å². The lowest BCUT2D eigenvalue weighted by Crippen LogP contribution is -2.32. The number of aromatic nitrogens is 2. The maximum absolute atomic E-state index is 13.1. The summed E-state index contributed by atoms with van der Waals surface area (Å²) in [5.41, 5.74) is 1.87. The van der Waals surface area contributed by atoms with E-state index in [0.29, 0.717) is 12.6 Å². The first-order valence-electron chi connectivity index (χ1n) is 10.4. The number of carbonyl (C=O) groups excluding carboxylic acids is 1. The third-order valence-corrected chi connectivity index (χ3v) is 5.94. The Labute approximate surface area is 178 Å². The van der Waals surface area contributed by atoms with Crippen molar-refractivity contribution in [1.29, 1.82) is 5.26 Å². The highest BCUT2D eigenvalue weighted by molar-refractivity contribution is 5.97. The second kappa shape index (κ2) is 8.25. The molecule has 164 valence electrons. The monoisotopic (exact) mass is 432 g/mol. The van der Waals surface area contributed by atoms with Crippen LogP contribution < -0.4 is 4.74 Å². The Morgan fingerprint density at radius 3 is 2.65 bits per heavy atom. The molecule has 1 atom stereocenters. The van der Waals surface area contributed by atoms with Gasteiger partial charge in [-0.25, -0.2) is 0 Å². The Morgan fingerprint density at radius 2 is 2.00 bits per heavy atom. The predicted molar refractivity (Wildman–Crippen MR) is 105 cm³/mol. The van der Waals surface area contributed by atoms with Crippen LogP contribution in [-0.4, -0.2) is 32.9 Å². The minimum atomic E-state index is -4.57. The zero-order valence-corrected chi connectivity index (χ0v) is 17.2. The van der Waals surface area contributed by atoms with Crippen LogP contribution in [0.15, 0.2) is 24.4 Å². The van der Waals surface area contributed by atoms with Gasteiger partial charge in [-0.15, -0.1) is 0 Å². The first-order valence-corrected chi connectivity index (χ1v) is 10.4. The fourth-order valence-electron chi connectivity index (χ4n) is 4.15. The normalized spacial score (nSPS) is 17.8. The minimum Gasteiger partial charge on any atom is -0.480 e. The molecule has 2 aromatic rings. The van der Waals surface area contributed by atoms with E-state index in [9.17, 15) is 18.0 Å². The first kappa shape index (κ1) is 21.2. The summed E-state index contributed by atoms with van der Waals surface area (Å²) in [4.78, 5) is 14.7. The van der Waals surface area contributed by atoms with Gasteiger partial charge in [0.2, 0.25) is 0 Å². The molecule has 1 amide bonds. The molecule has 31 heavy (non-hydrogen) atoms. The predicted octanol–water partition coefficient (Wildman–Crippen LogP) is 4.75. The van der Waals surface area contributed by atoms with Crippen LogP contribution in [0.1, 0.15) is 72.2 Å². The molecule has 2 aliphatic rings. The smallest absolute Gasteiger partial charge is 0.425 e. The van der Waals surface area contributed by atoms with Gasteiger partial charge in [-0.2, -0.15) is 23.5 Å². The van der Waals surface area contributed by atoms with E-state index in [1.807, 2.05) is 16.9 Å². The first-order chi connectivity index (χ1) is 14.8. The molecular formula is C22H23F3N4O2. The molecule has 6 nitrogen and oxygen atoms in total. The van der Waals surface area contributed by atoms with Gasteiger partial charge in [-0.05, 0) is 38.0 Å². The molecule has 1 saturated carbocycles. The largest absolute Gasteiger partial charge is 0.480 e. The molecule has 2 heterocycles. The Balaban J connectivity index is 1.53. The average molecular weight is 432 g/mol. The summed E-state index contributed by atoms with van der Waals surface area (Å²) < 4.78 is 45.9. The number of hydrogen-bond donors (Lipinski definition) is 0. The molecule has 1 fully saturated rings. The number of halogens is 3. The van der Waals surface area contributed by atoms with Crippen molar-refractivity contribution in [3.05, 3.63) is 46.8 Å². The fraction of sp³-hybridized carbons (Fsp3) is 0.500. The van der Waals surface area contributed by atoms with Crippen molar-refractivity contribution in [1.82, 2.24) is 14.7 Å². The summed E-state index contributed by atoms with van der Waals surface area (Å²) in [6.07, 6.45) is 1.15. The van der Waals surface area contributed by atoms with Crippen molar-refractivity contribution >= 4 is 5.91 Å². The third kappa shape index (κ3) is 4.38. The summed E-state index contributed by atoms with van der Waals surface area (Å²) in [5.74, 6) is -0.672. The molecule has 0 saturated heterocycles. The van der Waals surface area contributed by atoms with Crippen molar-refractivity contribution in [2.45, 2.75) is 70.4 Å². The number of benzene rings is 1. The number of alkyl halides is 3. The molecule has 9 heteroatoms. The van der Waals surface area contributed by atoms with Crippen LogP contribution in [0.4, 0.5) is 13.2 Å². The Bertz CT molecular complexity index is 995. The van der Waals surface area contributed by atoms with Crippen LogP contribution in [0, 0.1) is 11.3 Å². The molecule has 0 bridgehead atoms. The molecule has 4 rings (SSSR count). The molecule has 0 N–H and O–H groups in total. The summed E-state index contributed by atoms with van der Waals surface area (Å²) >= 11 is 0. The maximum atomic E-state index is 13.1. The van der Waals surface area contributed by atoms with Crippen LogP contribution in [0.3, 0.4) is 0 Å². The van der Waals surface area contributed by atoms with Crippen LogP contribution in [0.2, 0.25) is 0 Å². The number of amides is 1. The minimum absolute atomic E-state index is 0.0551. The van der Waals surface area contributed by atoms with Gasteiger partial charge in [-0.3, -0.25) is 9.48 Å². The average Bonchev–Trinajstić information content (AvgIpc) is 3.33. The molecule has 1 unspecified atom stereocenters. The van der Waals surface area contributed by atoms with E-state index in [1.165, 1.54) is 42.4 Å². The number of rotatable bonds is 4. The van der Waals surface area contributed by atoms with Crippen LogP contribution in [-0.2, 0) is 13.1 Å². The summed E-state index contributed by atoms with van der Waals surface area (Å²) in [7, 11) is 0. The topological polar surface area (TPSA) is 71.2 Å². The van der Waals surface area contributed by atoms with E-state index in [2.05, 4.69) is 5.10 Å². The molecule has 1 aromatic carbocycles. The van der Waals surface area contributed by atoms with Gasteiger partial charge in [0.15, 0.2) is 6.10 Å². The van der Waals surface area contributed by atoms with E-state index < -0.39 is 18.2 Å². The summed E-state index contributed by atoms with van der Waals surface area (Å²) in [6.45, 7) is 1.48. The molecule has 0 spiro atoms. The van der Waals surface area contributed by atoms with Crippen molar-refractivity contribution in [3.63, 3.8) is 0 Å². The number of fused-ring (bicyclic) bond motifs is 1. The van der Waals surface area contributed by atoms with Crippen molar-refractivity contribution in [2.75, 3.05) is 0 Å². The van der Waals surface area contributed by atoms with E-state index in [0.717, 1.165) is 31.0 Å². The highest BCUT2D eigenvalue weighted by Gasteiger charge is 2.39. The fourth-order valence-corrected chi connectivity index (χ4v) is 4.15. The number of ether oxygens (including phenoxy) is 1. The number of nitriles is 1. The second-order valence-corrected chi connectivity index (χ2v) is 8.16. The summed E-state index contributed by atoms with van der Waals surface area (Å²) in [5, 5.41) is 13.8. The summed E-state index contributed by atoms with van der Waals surface area (Å²) in [6, 6.07) is 6.16. The Morgan fingerprint density at radius 1 is 1.26 bits per heavy atom. The quantitative estimate of drug-likeness (QED) is 0.699. The number of nitrogens with zero attached hydrogens (tertiary/aromatic N) is 4. The zero-order valence-electron chi connectivity index (χ0n) is 17.2. The lowest BCUT2D eigenvalue weighted by Gasteiger charge is -2.23. The van der Waals surface area contributed by atoms with Gasteiger partial charge in [-0.1, -0.05) is 19.3 Å². The van der Waals surface area contributed by atoms with Gasteiger partial charge >= 0.3 is 6.18 Å². The standard InChI is InChI=1S/C22H23F3N4O2/c1-14(22(23,24)25)31-20-8-7-15(10-26)9-18(20)21(30)28-11-16-12-29(27-19(16)13-28)17-5-3-2-4-6-17/h7-9,12,14,17H,2-6,11,13H2,1H3. The van der Waals surface area contributed by atoms with E-state index in [-0.39, 0.29) is 23.4 Å².